The van der Waals surface area contributed by atoms with Gasteiger partial charge in [-0.05, 0) is 44.2 Å². The first-order chi connectivity index (χ1) is 13.9. The molecule has 0 atom stereocenters. The molecule has 0 spiro atoms. The first kappa shape index (κ1) is 21.7. The molecule has 0 saturated heterocycles. The number of para-hydroxylation sites is 1. The number of hydrogen-bond acceptors (Lipinski definition) is 6. The van der Waals surface area contributed by atoms with Crippen molar-refractivity contribution < 1.29 is 23.8 Å². The molecular weight excluding hydrogens is 374 g/mol. The Morgan fingerprint density at radius 1 is 1.03 bits per heavy atom. The molecule has 2 rings (SSSR count). The summed E-state index contributed by atoms with van der Waals surface area (Å²) in [6, 6.07) is 12.1. The van der Waals surface area contributed by atoms with Crippen molar-refractivity contribution in [1.29, 1.82) is 0 Å². The Labute approximate surface area is 169 Å². The van der Waals surface area contributed by atoms with Crippen LogP contribution in [0.2, 0.25) is 0 Å². The van der Waals surface area contributed by atoms with E-state index in [0.29, 0.717) is 22.8 Å². The highest BCUT2D eigenvalue weighted by Crippen LogP contribution is 2.27. The monoisotopic (exact) mass is 399 g/mol. The highest BCUT2D eigenvalue weighted by Gasteiger charge is 2.11. The fraction of sp³-hybridized carbons (Fsp3) is 0.286. The van der Waals surface area contributed by atoms with Gasteiger partial charge in [-0.25, -0.2) is 5.43 Å². The van der Waals surface area contributed by atoms with Crippen LogP contribution in [-0.4, -0.2) is 44.9 Å². The summed E-state index contributed by atoms with van der Waals surface area (Å²) in [6.07, 6.45) is 1.51. The van der Waals surface area contributed by atoms with E-state index in [-0.39, 0.29) is 12.6 Å². The standard InChI is InChI=1S/C21H25N3O5/c1-14(2)29-17-8-6-5-7-16(17)12-23-24-20(25)13-22-21(26)15-9-10-18(27-3)19(11-15)28-4/h5-12,14H,13H2,1-4H3,(H,22,26)(H,24,25). The van der Waals surface area contributed by atoms with Crippen LogP contribution < -0.4 is 25.0 Å². The van der Waals surface area contributed by atoms with Crippen molar-refractivity contribution in [2.24, 2.45) is 5.10 Å². The van der Waals surface area contributed by atoms with Crippen molar-refractivity contribution in [3.8, 4) is 17.2 Å². The van der Waals surface area contributed by atoms with E-state index in [0.717, 1.165) is 5.56 Å². The molecule has 0 fully saturated rings. The summed E-state index contributed by atoms with van der Waals surface area (Å²) in [5.74, 6) is 0.731. The number of hydrogen-bond donors (Lipinski definition) is 2. The van der Waals surface area contributed by atoms with Crippen LogP contribution in [0.1, 0.15) is 29.8 Å². The number of hydrazone groups is 1. The zero-order valence-electron chi connectivity index (χ0n) is 16.9. The van der Waals surface area contributed by atoms with Crippen LogP contribution in [0.3, 0.4) is 0 Å². The van der Waals surface area contributed by atoms with E-state index >= 15 is 0 Å². The number of ether oxygens (including phenoxy) is 3. The maximum absolute atomic E-state index is 12.2. The van der Waals surface area contributed by atoms with Gasteiger partial charge in [-0.15, -0.1) is 0 Å². The number of amides is 2. The molecule has 8 nitrogen and oxygen atoms in total. The van der Waals surface area contributed by atoms with Gasteiger partial charge < -0.3 is 19.5 Å². The number of rotatable bonds is 9. The van der Waals surface area contributed by atoms with Gasteiger partial charge in [-0.2, -0.15) is 5.10 Å². The second-order valence-electron chi connectivity index (χ2n) is 6.25. The molecule has 0 aliphatic rings. The van der Waals surface area contributed by atoms with Gasteiger partial charge in [0.05, 0.1) is 33.1 Å². The Morgan fingerprint density at radius 2 is 1.76 bits per heavy atom. The van der Waals surface area contributed by atoms with Crippen LogP contribution in [0.4, 0.5) is 0 Å². The number of methoxy groups -OCH3 is 2. The maximum atomic E-state index is 12.2. The molecule has 0 unspecified atom stereocenters. The molecule has 8 heteroatoms. The van der Waals surface area contributed by atoms with Crippen molar-refractivity contribution in [3.63, 3.8) is 0 Å². The predicted molar refractivity (Wildman–Crippen MR) is 110 cm³/mol. The summed E-state index contributed by atoms with van der Waals surface area (Å²) >= 11 is 0. The van der Waals surface area contributed by atoms with Crippen LogP contribution >= 0.6 is 0 Å². The van der Waals surface area contributed by atoms with E-state index < -0.39 is 11.8 Å². The second kappa shape index (κ2) is 10.7. The molecule has 0 aliphatic heterocycles. The fourth-order valence-corrected chi connectivity index (χ4v) is 2.40. The smallest absolute Gasteiger partial charge is 0.259 e. The van der Waals surface area contributed by atoms with E-state index in [1.165, 1.54) is 26.5 Å². The SMILES string of the molecule is COc1ccc(C(=O)NCC(=O)NN=Cc2ccccc2OC(C)C)cc1OC. The number of nitrogens with zero attached hydrogens (tertiary/aromatic N) is 1. The third-order valence-electron chi connectivity index (χ3n) is 3.73. The van der Waals surface area contributed by atoms with Gasteiger partial charge in [0.25, 0.3) is 11.8 Å². The molecule has 0 radical (unpaired) electrons. The Morgan fingerprint density at radius 3 is 2.45 bits per heavy atom. The first-order valence-electron chi connectivity index (χ1n) is 9.02. The molecule has 0 aromatic heterocycles. The molecule has 2 amide bonds. The molecule has 2 aromatic carbocycles. The van der Waals surface area contributed by atoms with Crippen molar-refractivity contribution in [2.45, 2.75) is 20.0 Å². The molecule has 0 aliphatic carbocycles. The minimum Gasteiger partial charge on any atom is -0.493 e. The van der Waals surface area contributed by atoms with Crippen LogP contribution in [0.5, 0.6) is 17.2 Å². The Kier molecular flexibility index (Phi) is 8.02. The van der Waals surface area contributed by atoms with Crippen molar-refractivity contribution >= 4 is 18.0 Å². The van der Waals surface area contributed by atoms with E-state index in [1.54, 1.807) is 12.1 Å². The molecule has 0 saturated carbocycles. The molecule has 29 heavy (non-hydrogen) atoms. The molecule has 2 N–H and O–H groups in total. The molecule has 154 valence electrons. The number of carbonyl (C=O) groups is 2. The largest absolute Gasteiger partial charge is 0.493 e. The summed E-state index contributed by atoms with van der Waals surface area (Å²) in [6.45, 7) is 3.63. The van der Waals surface area contributed by atoms with Crippen LogP contribution in [-0.2, 0) is 4.79 Å². The highest BCUT2D eigenvalue weighted by atomic mass is 16.5. The van der Waals surface area contributed by atoms with Crippen LogP contribution in [0, 0.1) is 0 Å². The van der Waals surface area contributed by atoms with Crippen molar-refractivity contribution in [3.05, 3.63) is 53.6 Å². The summed E-state index contributed by atoms with van der Waals surface area (Å²) < 4.78 is 16.0. The third kappa shape index (κ3) is 6.53. The van der Waals surface area contributed by atoms with Crippen LogP contribution in [0.25, 0.3) is 0 Å². The van der Waals surface area contributed by atoms with Crippen LogP contribution in [0.15, 0.2) is 47.6 Å². The zero-order valence-corrected chi connectivity index (χ0v) is 16.9. The minimum atomic E-state index is -0.461. The Balaban J connectivity index is 1.89. The lowest BCUT2D eigenvalue weighted by molar-refractivity contribution is -0.120. The number of nitrogens with one attached hydrogen (secondary N) is 2. The van der Waals surface area contributed by atoms with Gasteiger partial charge >= 0.3 is 0 Å². The van der Waals surface area contributed by atoms with Crippen molar-refractivity contribution in [2.75, 3.05) is 20.8 Å². The number of carbonyl (C=O) groups excluding carboxylic acids is 2. The quantitative estimate of drug-likeness (QED) is 0.498. The van der Waals surface area contributed by atoms with Gasteiger partial charge in [0.2, 0.25) is 0 Å². The average Bonchev–Trinajstić information content (AvgIpc) is 2.72. The normalized spacial score (nSPS) is 10.7. The van der Waals surface area contributed by atoms with E-state index in [4.69, 9.17) is 14.2 Å². The Bertz CT molecular complexity index is 880. The lowest BCUT2D eigenvalue weighted by Crippen LogP contribution is -2.34. The predicted octanol–water partition coefficient (Wildman–Crippen LogP) is 2.37. The van der Waals surface area contributed by atoms with Gasteiger partial charge in [0.1, 0.15) is 5.75 Å². The van der Waals surface area contributed by atoms with Gasteiger partial charge in [0.15, 0.2) is 11.5 Å². The fourth-order valence-electron chi connectivity index (χ4n) is 2.40. The summed E-state index contributed by atoms with van der Waals surface area (Å²) in [5.41, 5.74) is 3.45. The molecule has 2 aromatic rings. The molecular formula is C21H25N3O5. The second-order valence-corrected chi connectivity index (χ2v) is 6.25. The third-order valence-corrected chi connectivity index (χ3v) is 3.73. The van der Waals surface area contributed by atoms with E-state index in [9.17, 15) is 9.59 Å². The van der Waals surface area contributed by atoms with Gasteiger partial charge in [-0.1, -0.05) is 12.1 Å². The topological polar surface area (TPSA) is 98.2 Å². The highest BCUT2D eigenvalue weighted by molar-refractivity contribution is 5.97. The van der Waals surface area contributed by atoms with Gasteiger partial charge in [-0.3, -0.25) is 9.59 Å². The number of benzene rings is 2. The summed E-state index contributed by atoms with van der Waals surface area (Å²) in [5, 5.41) is 6.45. The molecule has 0 bridgehead atoms. The van der Waals surface area contributed by atoms with E-state index in [1.807, 2.05) is 38.1 Å². The van der Waals surface area contributed by atoms with Gasteiger partial charge in [0, 0.05) is 11.1 Å². The summed E-state index contributed by atoms with van der Waals surface area (Å²) in [7, 11) is 2.99. The minimum absolute atomic E-state index is 0.0194. The lowest BCUT2D eigenvalue weighted by Gasteiger charge is -2.11. The van der Waals surface area contributed by atoms with E-state index in [2.05, 4.69) is 15.8 Å². The lowest BCUT2D eigenvalue weighted by atomic mass is 10.2. The zero-order chi connectivity index (χ0) is 21.2. The maximum Gasteiger partial charge on any atom is 0.259 e. The Hall–Kier alpha value is -3.55. The average molecular weight is 399 g/mol. The van der Waals surface area contributed by atoms with Crippen molar-refractivity contribution in [1.82, 2.24) is 10.7 Å². The first-order valence-corrected chi connectivity index (χ1v) is 9.02. The summed E-state index contributed by atoms with van der Waals surface area (Å²) in [4.78, 5) is 24.2. The molecule has 0 heterocycles.